The Kier molecular flexibility index (Phi) is 6.10. The van der Waals surface area contributed by atoms with E-state index in [-0.39, 0.29) is 42.1 Å². The molecular formula is C38H25IrN3O2-2. The predicted octanol–water partition coefficient (Wildman–Crippen LogP) is 7.58. The fourth-order valence-electron chi connectivity index (χ4n) is 5.39. The number of rotatable bonds is 2. The normalized spacial score (nSPS) is 13.5. The molecule has 8 rings (SSSR count). The van der Waals surface area contributed by atoms with Crippen molar-refractivity contribution in [2.24, 2.45) is 0 Å². The van der Waals surface area contributed by atoms with E-state index in [1.807, 2.05) is 71.1 Å². The van der Waals surface area contributed by atoms with Crippen LogP contribution in [0.25, 0.3) is 60.6 Å². The summed E-state index contributed by atoms with van der Waals surface area (Å²) in [6.45, 7) is -4.34. The van der Waals surface area contributed by atoms with Crippen molar-refractivity contribution in [1.29, 1.82) is 0 Å². The van der Waals surface area contributed by atoms with Gasteiger partial charge in [-0.15, -0.1) is 53.1 Å². The standard InChI is InChI=1S/C25H13N2O2.C13H12N.Ir/c28-24-16-7-1-3-10-20(16)27-21-11-4-2-8-17(21)25(29)22-15(12-13-18(24)23(22)27)19-9-5-6-14-26-19;1-10-3-6-12(7-4-10)13-8-5-11(2)9-14-13;/h1-11,13-14H;3-6,8-9H,1-2H3;/q2*-1;/i;1D3,2D3;. The molecule has 4 heterocycles. The molecule has 0 N–H and O–H groups in total. The monoisotopic (exact) mass is 754 g/mol. The Morgan fingerprint density at radius 1 is 0.659 bits per heavy atom. The van der Waals surface area contributed by atoms with E-state index in [1.54, 1.807) is 24.4 Å². The summed E-state index contributed by atoms with van der Waals surface area (Å²) >= 11 is 0. The van der Waals surface area contributed by atoms with Gasteiger partial charge in [-0.1, -0.05) is 55.4 Å². The maximum Gasteiger partial charge on any atom is 0.156 e. The molecule has 1 radical (unpaired) electrons. The Labute approximate surface area is 275 Å². The van der Waals surface area contributed by atoms with Gasteiger partial charge in [-0.3, -0.25) is 9.59 Å². The van der Waals surface area contributed by atoms with Crippen LogP contribution >= 0.6 is 0 Å². The molecule has 8 aromatic rings. The molecule has 0 aliphatic carbocycles. The first-order chi connectivity index (χ1) is 23.4. The van der Waals surface area contributed by atoms with E-state index in [4.69, 9.17) is 8.22 Å². The number of pyridine rings is 4. The molecule has 4 aromatic carbocycles. The maximum absolute atomic E-state index is 13.6. The molecule has 0 amide bonds. The van der Waals surface area contributed by atoms with E-state index in [9.17, 15) is 9.59 Å². The zero-order valence-corrected chi connectivity index (χ0v) is 25.4. The number of nitrogens with zero attached hydrogens (tertiary/aromatic N) is 3. The van der Waals surface area contributed by atoms with Crippen molar-refractivity contribution < 1.29 is 28.3 Å². The van der Waals surface area contributed by atoms with Crippen molar-refractivity contribution in [2.75, 3.05) is 0 Å². The van der Waals surface area contributed by atoms with E-state index in [2.05, 4.69) is 22.1 Å². The van der Waals surface area contributed by atoms with Gasteiger partial charge in [0.25, 0.3) is 0 Å². The molecule has 215 valence electrons. The summed E-state index contributed by atoms with van der Waals surface area (Å²) in [6.07, 6.45) is 2.99. The molecular weight excluding hydrogens is 723 g/mol. The van der Waals surface area contributed by atoms with E-state index in [1.165, 1.54) is 24.4 Å². The van der Waals surface area contributed by atoms with Gasteiger partial charge in [-0.25, -0.2) is 0 Å². The van der Waals surface area contributed by atoms with Gasteiger partial charge < -0.3 is 14.4 Å². The first-order valence-electron chi connectivity index (χ1n) is 16.5. The predicted molar refractivity (Wildman–Crippen MR) is 174 cm³/mol. The molecule has 0 saturated heterocycles. The van der Waals surface area contributed by atoms with Gasteiger partial charge >= 0.3 is 0 Å². The summed E-state index contributed by atoms with van der Waals surface area (Å²) in [5.74, 6) is 0. The third kappa shape index (κ3) is 4.98. The van der Waals surface area contributed by atoms with Crippen molar-refractivity contribution in [2.45, 2.75) is 13.7 Å². The van der Waals surface area contributed by atoms with Crippen LogP contribution in [-0.2, 0) is 20.1 Å². The quantitative estimate of drug-likeness (QED) is 0.104. The third-order valence-electron chi connectivity index (χ3n) is 7.35. The van der Waals surface area contributed by atoms with Gasteiger partial charge in [0.1, 0.15) is 0 Å². The zero-order chi connectivity index (χ0) is 34.5. The molecule has 5 nitrogen and oxygen atoms in total. The topological polar surface area (TPSA) is 64.3 Å². The van der Waals surface area contributed by atoms with Gasteiger partial charge in [-0.05, 0) is 70.4 Å². The number of aromatic nitrogens is 3. The van der Waals surface area contributed by atoms with Crippen LogP contribution < -0.4 is 10.9 Å². The third-order valence-corrected chi connectivity index (χ3v) is 7.35. The Balaban J connectivity index is 0.000000182. The molecule has 0 aliphatic heterocycles. The number of hydrogen-bond donors (Lipinski definition) is 0. The van der Waals surface area contributed by atoms with Gasteiger partial charge in [-0.2, -0.15) is 0 Å². The minimum atomic E-state index is -2.18. The van der Waals surface area contributed by atoms with Crippen LogP contribution in [0.2, 0.25) is 0 Å². The fourth-order valence-corrected chi connectivity index (χ4v) is 5.39. The summed E-state index contributed by atoms with van der Waals surface area (Å²) in [5.41, 5.74) is 4.80. The molecule has 0 spiro atoms. The van der Waals surface area contributed by atoms with Crippen molar-refractivity contribution >= 4 is 38.1 Å². The van der Waals surface area contributed by atoms with E-state index in [0.29, 0.717) is 49.6 Å². The van der Waals surface area contributed by atoms with Crippen LogP contribution in [0.1, 0.15) is 19.4 Å². The Morgan fingerprint density at radius 3 is 2.00 bits per heavy atom. The van der Waals surface area contributed by atoms with Crippen LogP contribution in [0.3, 0.4) is 0 Å². The smallest absolute Gasteiger partial charge is 0.156 e. The van der Waals surface area contributed by atoms with Crippen LogP contribution in [-0.4, -0.2) is 14.4 Å². The summed E-state index contributed by atoms with van der Waals surface area (Å²) in [7, 11) is 0. The van der Waals surface area contributed by atoms with Gasteiger partial charge in [0.05, 0.1) is 11.0 Å². The molecule has 6 heteroatoms. The number of hydrogen-bond acceptors (Lipinski definition) is 4. The molecule has 0 bridgehead atoms. The molecule has 0 atom stereocenters. The molecule has 0 fully saturated rings. The second kappa shape index (κ2) is 11.9. The summed E-state index contributed by atoms with van der Waals surface area (Å²) in [6, 6.07) is 35.9. The van der Waals surface area contributed by atoms with Crippen molar-refractivity contribution in [3.8, 4) is 22.5 Å². The largest absolute Gasteiger partial charge is 0.325 e. The number of aryl methyl sites for hydroxylation is 2. The average Bonchev–Trinajstić information content (AvgIpc) is 3.11. The second-order valence-electron chi connectivity index (χ2n) is 9.97. The molecule has 0 unspecified atom stereocenters. The first kappa shape index (κ1) is 22.5. The van der Waals surface area contributed by atoms with Crippen molar-refractivity contribution in [3.63, 3.8) is 0 Å². The van der Waals surface area contributed by atoms with Gasteiger partial charge in [0, 0.05) is 51.5 Å². The van der Waals surface area contributed by atoms with Gasteiger partial charge in [0.2, 0.25) is 0 Å². The zero-order valence-electron chi connectivity index (χ0n) is 29.0. The van der Waals surface area contributed by atoms with Crippen LogP contribution in [0.5, 0.6) is 0 Å². The van der Waals surface area contributed by atoms with Crippen LogP contribution in [0.4, 0.5) is 0 Å². The van der Waals surface area contributed by atoms with E-state index < -0.39 is 13.7 Å². The molecule has 4 aromatic heterocycles. The fraction of sp³-hybridized carbons (Fsp3) is 0.0526. The first-order valence-corrected chi connectivity index (χ1v) is 13.5. The van der Waals surface area contributed by atoms with Crippen molar-refractivity contribution in [1.82, 2.24) is 14.4 Å². The molecule has 44 heavy (non-hydrogen) atoms. The maximum atomic E-state index is 13.6. The average molecular weight is 754 g/mol. The number of fused-ring (bicyclic) bond motifs is 4. The van der Waals surface area contributed by atoms with E-state index >= 15 is 0 Å². The summed E-state index contributed by atoms with van der Waals surface area (Å²) in [4.78, 5) is 35.3. The molecule has 0 aliphatic rings. The van der Waals surface area contributed by atoms with Gasteiger partial charge in [0.15, 0.2) is 10.9 Å². The molecule has 0 saturated carbocycles. The number of para-hydroxylation sites is 2. The second-order valence-corrected chi connectivity index (χ2v) is 9.97. The number of benzene rings is 4. The summed E-state index contributed by atoms with van der Waals surface area (Å²) in [5, 5.41) is 2.19. The summed E-state index contributed by atoms with van der Waals surface area (Å²) < 4.78 is 45.7. The van der Waals surface area contributed by atoms with Crippen LogP contribution in [0.15, 0.2) is 125 Å². The van der Waals surface area contributed by atoms with E-state index in [0.717, 1.165) is 11.0 Å². The van der Waals surface area contributed by atoms with Crippen LogP contribution in [0, 0.1) is 25.8 Å². The Morgan fingerprint density at radius 2 is 1.36 bits per heavy atom. The Bertz CT molecular complexity index is 2540. The minimum Gasteiger partial charge on any atom is -0.325 e. The Hall–Kier alpha value is -5.03. The van der Waals surface area contributed by atoms with Crippen molar-refractivity contribution in [3.05, 3.63) is 159 Å². The minimum absolute atomic E-state index is 0. The SMILES string of the molecule is O=c1c2ccccc2n2c3ccccc3c(=O)c3c(-c4ccccn4)[c-]cc1c32.[2H]C([2H])([2H])c1c[c-]c(-c2ccc(C([2H])([2H])[2H])cn2)cc1.[Ir].